The van der Waals surface area contributed by atoms with Crippen molar-refractivity contribution in [3.05, 3.63) is 70.0 Å². The highest BCUT2D eigenvalue weighted by Crippen LogP contribution is 2.38. The van der Waals surface area contributed by atoms with Crippen LogP contribution >= 0.6 is 23.2 Å². The van der Waals surface area contributed by atoms with E-state index in [0.717, 1.165) is 5.69 Å². The van der Waals surface area contributed by atoms with E-state index in [-0.39, 0.29) is 29.4 Å². The minimum absolute atomic E-state index is 0.0204. The normalized spacial score (nSPS) is 19.1. The quantitative estimate of drug-likeness (QED) is 0.217. The Bertz CT molecular complexity index is 1280. The first-order valence-corrected chi connectivity index (χ1v) is 14.4. The van der Waals surface area contributed by atoms with Crippen LogP contribution < -0.4 is 9.64 Å². The summed E-state index contributed by atoms with van der Waals surface area (Å²) in [5.74, 6) is 0.473. The van der Waals surface area contributed by atoms with Crippen LogP contribution in [0.5, 0.6) is 5.75 Å². The number of hydrogen-bond donors (Lipinski definition) is 1. The molecule has 0 saturated heterocycles. The number of allylic oxidation sites excluding steroid dienone is 2. The van der Waals surface area contributed by atoms with Gasteiger partial charge in [-0.2, -0.15) is 0 Å². The van der Waals surface area contributed by atoms with Crippen molar-refractivity contribution in [2.24, 2.45) is 5.16 Å². The summed E-state index contributed by atoms with van der Waals surface area (Å²) in [6.45, 7) is 12.7. The molecule has 2 unspecified atom stereocenters. The zero-order valence-corrected chi connectivity index (χ0v) is 25.5. The van der Waals surface area contributed by atoms with Crippen LogP contribution in [0.3, 0.4) is 0 Å². The van der Waals surface area contributed by atoms with Crippen LogP contribution in [0.25, 0.3) is 0 Å². The molecule has 0 saturated carbocycles. The van der Waals surface area contributed by atoms with E-state index >= 15 is 0 Å². The van der Waals surface area contributed by atoms with Gasteiger partial charge in [-0.1, -0.05) is 65.1 Å². The molecule has 2 atom stereocenters. The number of hydrogen-bond acceptors (Lipinski definition) is 6. The van der Waals surface area contributed by atoms with E-state index in [1.165, 1.54) is 22.3 Å². The number of ketones is 1. The second-order valence-corrected chi connectivity index (χ2v) is 11.2. The maximum absolute atomic E-state index is 12.7. The molecule has 1 heterocycles. The van der Waals surface area contributed by atoms with Crippen molar-refractivity contribution in [1.29, 1.82) is 0 Å². The summed E-state index contributed by atoms with van der Waals surface area (Å²) in [5.41, 5.74) is 6.37. The number of Topliss-reactive ketones (excluding diaryl/α,β-unsaturated/α-hetero) is 1. The van der Waals surface area contributed by atoms with E-state index in [0.29, 0.717) is 49.5 Å². The third-order valence-corrected chi connectivity index (χ3v) is 7.36. The molecule has 0 fully saturated rings. The second-order valence-electron chi connectivity index (χ2n) is 10.1. The SMILES string of the molecule is CC1COc2ccccc2N1C(=O)C(Cl)Cl.CCO/N=C(\CC)C1=C(O)CC(c2c(C)cc(C)cc2C)CC1=O. The zero-order valence-electron chi connectivity index (χ0n) is 24.0. The number of anilines is 1. The molecule has 7 nitrogen and oxygen atoms in total. The molecule has 0 bridgehead atoms. The Morgan fingerprint density at radius 2 is 1.80 bits per heavy atom. The number of aliphatic hydroxyl groups excluding tert-OH is 1. The van der Waals surface area contributed by atoms with Gasteiger partial charge >= 0.3 is 0 Å². The molecular formula is C31H38Cl2N2O5. The van der Waals surface area contributed by atoms with E-state index in [4.69, 9.17) is 32.8 Å². The van der Waals surface area contributed by atoms with Gasteiger partial charge in [-0.05, 0) is 75.8 Å². The molecule has 9 heteroatoms. The van der Waals surface area contributed by atoms with Gasteiger partial charge in [0.25, 0.3) is 5.91 Å². The molecular weight excluding hydrogens is 551 g/mol. The lowest BCUT2D eigenvalue weighted by Crippen LogP contribution is -2.47. The fourth-order valence-corrected chi connectivity index (χ4v) is 5.64. The van der Waals surface area contributed by atoms with Crippen LogP contribution in [-0.2, 0) is 14.4 Å². The highest BCUT2D eigenvalue weighted by Gasteiger charge is 2.33. The van der Waals surface area contributed by atoms with Crippen molar-refractivity contribution in [2.75, 3.05) is 18.1 Å². The first-order chi connectivity index (χ1) is 19.0. The van der Waals surface area contributed by atoms with Crippen molar-refractivity contribution in [3.8, 4) is 5.75 Å². The molecule has 1 aliphatic carbocycles. The predicted octanol–water partition coefficient (Wildman–Crippen LogP) is 7.28. The lowest BCUT2D eigenvalue weighted by molar-refractivity contribution is -0.118. The number of carbonyl (C=O) groups is 2. The second kappa shape index (κ2) is 14.0. The molecule has 0 spiro atoms. The van der Waals surface area contributed by atoms with Gasteiger partial charge < -0.3 is 19.6 Å². The highest BCUT2D eigenvalue weighted by molar-refractivity contribution is 6.54. The Hall–Kier alpha value is -3.03. The van der Waals surface area contributed by atoms with Crippen LogP contribution in [-0.4, -0.2) is 46.6 Å². The summed E-state index contributed by atoms with van der Waals surface area (Å²) in [6.07, 6.45) is 1.42. The van der Waals surface area contributed by atoms with Gasteiger partial charge in [-0.3, -0.25) is 9.59 Å². The first kappa shape index (κ1) is 31.5. The molecule has 1 amide bonds. The maximum Gasteiger partial charge on any atom is 0.260 e. The molecule has 40 heavy (non-hydrogen) atoms. The fourth-order valence-electron chi connectivity index (χ4n) is 5.43. The van der Waals surface area contributed by atoms with Crippen LogP contribution in [0.15, 0.2) is 52.9 Å². The van der Waals surface area contributed by atoms with Gasteiger partial charge in [0, 0.05) is 12.8 Å². The molecule has 2 aromatic rings. The summed E-state index contributed by atoms with van der Waals surface area (Å²) < 4.78 is 5.52. The zero-order chi connectivity index (χ0) is 29.6. The Balaban J connectivity index is 0.000000238. The molecule has 216 valence electrons. The molecule has 0 aromatic heterocycles. The van der Waals surface area contributed by atoms with Crippen LogP contribution in [0.4, 0.5) is 5.69 Å². The van der Waals surface area contributed by atoms with Gasteiger partial charge in [0.2, 0.25) is 0 Å². The smallest absolute Gasteiger partial charge is 0.260 e. The third kappa shape index (κ3) is 7.18. The van der Waals surface area contributed by atoms with Crippen molar-refractivity contribution in [3.63, 3.8) is 0 Å². The number of oxime groups is 1. The summed E-state index contributed by atoms with van der Waals surface area (Å²) in [6, 6.07) is 11.5. The number of rotatable bonds is 6. The molecule has 1 N–H and O–H groups in total. The van der Waals surface area contributed by atoms with Gasteiger partial charge in [0.15, 0.2) is 10.6 Å². The molecule has 1 aliphatic heterocycles. The fraction of sp³-hybridized carbons (Fsp3) is 0.452. The number of ether oxygens (including phenoxy) is 1. The monoisotopic (exact) mass is 588 g/mol. The minimum atomic E-state index is -1.05. The van der Waals surface area contributed by atoms with Crippen molar-refractivity contribution < 1.29 is 24.3 Å². The number of fused-ring (bicyclic) bond motifs is 1. The summed E-state index contributed by atoms with van der Waals surface area (Å²) in [5, 5.41) is 14.5. The molecule has 2 aliphatic rings. The van der Waals surface area contributed by atoms with Gasteiger partial charge in [-0.15, -0.1) is 0 Å². The number of amides is 1. The topological polar surface area (TPSA) is 88.4 Å². The summed E-state index contributed by atoms with van der Waals surface area (Å²) >= 11 is 11.3. The molecule has 0 radical (unpaired) electrons. The molecule has 2 aromatic carbocycles. The highest BCUT2D eigenvalue weighted by atomic mass is 35.5. The Labute approximate surface area is 246 Å². The van der Waals surface area contributed by atoms with E-state index in [2.05, 4.69) is 38.1 Å². The number of nitrogens with zero attached hydrogens (tertiary/aromatic N) is 2. The van der Waals surface area contributed by atoms with Gasteiger partial charge in [-0.25, -0.2) is 0 Å². The Morgan fingerprint density at radius 3 is 2.38 bits per heavy atom. The largest absolute Gasteiger partial charge is 0.511 e. The number of carbonyl (C=O) groups excluding carboxylic acids is 2. The lowest BCUT2D eigenvalue weighted by atomic mass is 9.78. The van der Waals surface area contributed by atoms with Gasteiger partial charge in [0.1, 0.15) is 24.7 Å². The van der Waals surface area contributed by atoms with Crippen molar-refractivity contribution >= 4 is 46.3 Å². The standard InChI is InChI=1S/C20H27NO3.C11H11Cl2NO2/c1-6-16(21-24-7-2)20-17(22)10-15(11-18(20)23)19-13(4)8-12(3)9-14(19)5;1-7-6-16-9-5-3-2-4-8(9)14(7)11(15)10(12)13/h8-9,15,22H,6-7,10-11H2,1-5H3;2-5,7,10H,6H2,1H3/b21-16+;. The van der Waals surface area contributed by atoms with E-state index in [1.54, 1.807) is 4.90 Å². The first-order valence-electron chi connectivity index (χ1n) is 13.5. The van der Waals surface area contributed by atoms with Gasteiger partial charge in [0.05, 0.1) is 23.0 Å². The minimum Gasteiger partial charge on any atom is -0.511 e. The number of aliphatic hydroxyl groups is 1. The predicted molar refractivity (Wildman–Crippen MR) is 161 cm³/mol. The number of para-hydroxylation sites is 2. The molecule has 4 rings (SSSR count). The summed E-state index contributed by atoms with van der Waals surface area (Å²) in [4.78, 5) is 30.2. The average molecular weight is 590 g/mol. The number of benzene rings is 2. The average Bonchev–Trinajstić information content (AvgIpc) is 2.89. The van der Waals surface area contributed by atoms with Crippen LogP contribution in [0.2, 0.25) is 0 Å². The van der Waals surface area contributed by atoms with E-state index in [9.17, 15) is 14.7 Å². The Kier molecular flexibility index (Phi) is 11.1. The summed E-state index contributed by atoms with van der Waals surface area (Å²) in [7, 11) is 0. The lowest BCUT2D eigenvalue weighted by Gasteiger charge is -2.35. The maximum atomic E-state index is 12.7. The van der Waals surface area contributed by atoms with Crippen molar-refractivity contribution in [2.45, 2.75) is 77.6 Å². The number of aryl methyl sites for hydroxylation is 3. The third-order valence-electron chi connectivity index (χ3n) is 6.98. The number of halogens is 2. The number of alkyl halides is 2. The van der Waals surface area contributed by atoms with E-state index in [1.807, 2.05) is 45.0 Å². The van der Waals surface area contributed by atoms with Crippen LogP contribution in [0.1, 0.15) is 68.2 Å². The Morgan fingerprint density at radius 1 is 1.15 bits per heavy atom. The van der Waals surface area contributed by atoms with Crippen LogP contribution in [0, 0.1) is 20.8 Å². The van der Waals surface area contributed by atoms with Crippen molar-refractivity contribution in [1.82, 2.24) is 0 Å². The van der Waals surface area contributed by atoms with E-state index < -0.39 is 4.84 Å².